The average Bonchev–Trinajstić information content (AvgIpc) is 0.764. The van der Waals surface area contributed by atoms with Crippen LogP contribution in [-0.4, -0.2) is 19.5 Å². The number of aromatic nitrogens is 9. The molecule has 0 amide bonds. The molecular formula is C99H76N9O5S+5. The third-order valence-corrected chi connectivity index (χ3v) is 24.2. The Morgan fingerprint density at radius 2 is 0.667 bits per heavy atom. The van der Waals surface area contributed by atoms with Gasteiger partial charge in [0.25, 0.3) is 33.7 Å². The third-order valence-electron chi connectivity index (χ3n) is 23.3. The molecular weight excluding hydrogens is 1430 g/mol. The third kappa shape index (κ3) is 11.2. The highest BCUT2D eigenvalue weighted by molar-refractivity contribution is 7.13. The SMILES string of the molecule is Cc1ccc2ccc3ccc(-c4ccccn4)c4c3c2[n+]1CO4.Cc1ccc2ccc3ccc(-c4cccn4C)c4c3c2[n+]1CO4.Cc1ccc2ccc3ccc(-c4cccnc4)c4c3c2[n+]1CO4.Cc1ccc2ccc3ccc(-c4cccs4)c4c3c2[n+]1CO4.Cc1ccc2ccc3ccc(-c4ccncc4)c4c3c2[n+]1CO4. The van der Waals surface area contributed by atoms with Crippen molar-refractivity contribution in [2.24, 2.45) is 7.05 Å². The van der Waals surface area contributed by atoms with Crippen molar-refractivity contribution in [3.8, 4) is 84.0 Å². The summed E-state index contributed by atoms with van der Waals surface area (Å²) in [6.07, 6.45) is 11.2. The molecule has 20 aromatic rings. The number of rotatable bonds is 5. The number of aryl methyl sites for hydroxylation is 6. The Bertz CT molecular complexity index is 6960. The van der Waals surface area contributed by atoms with E-state index < -0.39 is 0 Å². The van der Waals surface area contributed by atoms with Gasteiger partial charge in [-0.05, 0) is 177 Å². The number of hydrogen-bond acceptors (Lipinski definition) is 9. The van der Waals surface area contributed by atoms with Crippen LogP contribution in [0.4, 0.5) is 0 Å². The van der Waals surface area contributed by atoms with Crippen LogP contribution in [0, 0.1) is 34.6 Å². The van der Waals surface area contributed by atoms with Crippen molar-refractivity contribution in [1.82, 2.24) is 19.5 Å². The van der Waals surface area contributed by atoms with Crippen LogP contribution in [0.1, 0.15) is 28.5 Å². The van der Waals surface area contributed by atoms with E-state index in [0.29, 0.717) is 33.7 Å². The maximum Gasteiger partial charge on any atom is 0.292 e. The first-order valence-corrected chi connectivity index (χ1v) is 39.4. The van der Waals surface area contributed by atoms with Crippen molar-refractivity contribution in [3.63, 3.8) is 0 Å². The van der Waals surface area contributed by atoms with E-state index in [2.05, 4.69) is 308 Å². The van der Waals surface area contributed by atoms with Gasteiger partial charge in [-0.3, -0.25) is 15.0 Å². The maximum atomic E-state index is 6.23. The fourth-order valence-electron chi connectivity index (χ4n) is 17.5. The molecule has 0 saturated heterocycles. The van der Waals surface area contributed by atoms with Crippen LogP contribution in [-0.2, 0) is 40.7 Å². The lowest BCUT2D eigenvalue weighted by molar-refractivity contribution is -0.707. The van der Waals surface area contributed by atoms with Gasteiger partial charge in [-0.1, -0.05) is 78.9 Å². The Kier molecular flexibility index (Phi) is 16.4. The van der Waals surface area contributed by atoms with Gasteiger partial charge in [0.05, 0.1) is 38.3 Å². The second-order valence-corrected chi connectivity index (χ2v) is 30.7. The van der Waals surface area contributed by atoms with Gasteiger partial charge < -0.3 is 28.3 Å². The zero-order valence-electron chi connectivity index (χ0n) is 63.7. The van der Waals surface area contributed by atoms with Crippen LogP contribution >= 0.6 is 11.3 Å². The molecule has 0 spiro atoms. The van der Waals surface area contributed by atoms with Crippen molar-refractivity contribution in [2.75, 3.05) is 0 Å². The molecule has 14 nitrogen and oxygen atoms in total. The summed E-state index contributed by atoms with van der Waals surface area (Å²) in [4.78, 5) is 14.1. The topological polar surface area (TPSA) is 109 Å². The predicted octanol–water partition coefficient (Wildman–Crippen LogP) is 20.6. The Morgan fingerprint density at radius 1 is 0.298 bits per heavy atom. The average molecular weight is 1500 g/mol. The van der Waals surface area contributed by atoms with Gasteiger partial charge in [-0.2, -0.15) is 22.8 Å². The standard InChI is InChI=1S/C20H17N2O.3C20H15N2O.C19H14NOS/c1-13-5-6-15-8-7-14-9-10-16(17-4-3-11-21(17)2)20-18(14)19(15)22(13)12-23-20;1-13-2-3-16-5-4-15-6-7-17(14-8-10-21-11-9-14)20-18(15)19(16)22(13)12-23-20;1-13-4-5-15-7-6-14-8-9-17(16-3-2-10-21-11-16)20-18(14)19(15)22(13)12-23-20;1-13-5-6-15-8-7-14-9-10-16(17-4-2-3-11-21-17)20-18(14)19(15)22(13)12-23-20;1-12-4-5-14-7-6-13-8-9-15(16-3-2-10-22-16)19-17(13)18(14)20(12)11-21-19/h3-11H,12H2,1-2H3;3*2-11H,12H2,1H3;2-10H,11H2,1H3/q5*+1. The second-order valence-electron chi connectivity index (χ2n) is 29.8. The lowest BCUT2D eigenvalue weighted by Gasteiger charge is -2.19. The molecule has 15 heteroatoms. The Balaban J connectivity index is 0.0000000895. The van der Waals surface area contributed by atoms with Gasteiger partial charge in [0.15, 0.2) is 40.0 Å². The van der Waals surface area contributed by atoms with E-state index in [-0.39, 0.29) is 0 Å². The van der Waals surface area contributed by atoms with Crippen molar-refractivity contribution in [2.45, 2.75) is 68.3 Å². The summed E-state index contributed by atoms with van der Waals surface area (Å²) in [5.41, 5.74) is 22.4. The monoisotopic (exact) mass is 1500 g/mol. The molecule has 548 valence electrons. The Morgan fingerprint density at radius 3 is 1.05 bits per heavy atom. The number of thiophene rings is 1. The number of ether oxygens (including phenoxy) is 5. The molecule has 0 bridgehead atoms. The van der Waals surface area contributed by atoms with Gasteiger partial charge in [0, 0.05) is 174 Å². The van der Waals surface area contributed by atoms with Gasteiger partial charge in [0.1, 0.15) is 17.2 Å². The molecule has 5 aliphatic rings. The van der Waals surface area contributed by atoms with Gasteiger partial charge >= 0.3 is 0 Å². The quantitative estimate of drug-likeness (QED) is 0.124. The van der Waals surface area contributed by atoms with Crippen LogP contribution in [0.15, 0.2) is 291 Å². The predicted molar refractivity (Wildman–Crippen MR) is 452 cm³/mol. The van der Waals surface area contributed by atoms with Crippen LogP contribution in [0.25, 0.3) is 164 Å². The van der Waals surface area contributed by atoms with E-state index in [9.17, 15) is 0 Å². The van der Waals surface area contributed by atoms with Crippen LogP contribution in [0.3, 0.4) is 0 Å². The first-order valence-electron chi connectivity index (χ1n) is 38.5. The summed E-state index contributed by atoms with van der Waals surface area (Å²) >= 11 is 1.76. The van der Waals surface area contributed by atoms with Crippen molar-refractivity contribution in [1.29, 1.82) is 0 Å². The fourth-order valence-corrected chi connectivity index (χ4v) is 18.2. The van der Waals surface area contributed by atoms with Crippen molar-refractivity contribution < 1.29 is 46.5 Å². The highest BCUT2D eigenvalue weighted by Crippen LogP contribution is 2.48. The summed E-state index contributed by atoms with van der Waals surface area (Å²) in [5, 5.41) is 20.5. The van der Waals surface area contributed by atoms with Crippen LogP contribution in [0.5, 0.6) is 28.7 Å². The molecule has 5 aliphatic heterocycles. The van der Waals surface area contributed by atoms with E-state index in [4.69, 9.17) is 23.7 Å². The zero-order valence-corrected chi connectivity index (χ0v) is 64.5. The van der Waals surface area contributed by atoms with Gasteiger partial charge in [-0.25, -0.2) is 0 Å². The minimum atomic E-state index is 0.541. The normalized spacial score (nSPS) is 12.8. The molecule has 0 fully saturated rings. The molecule has 0 saturated carbocycles. The van der Waals surface area contributed by atoms with E-state index in [1.165, 1.54) is 153 Å². The summed E-state index contributed by atoms with van der Waals surface area (Å²) in [6, 6.07) is 87.7. The molecule has 15 heterocycles. The summed E-state index contributed by atoms with van der Waals surface area (Å²) < 4.78 is 44.4. The first-order chi connectivity index (χ1) is 56.0. The zero-order chi connectivity index (χ0) is 76.4. The van der Waals surface area contributed by atoms with Crippen LogP contribution < -0.4 is 46.5 Å². The molecule has 0 radical (unpaired) electrons. The number of nitrogens with zero attached hydrogens (tertiary/aromatic N) is 9. The minimum absolute atomic E-state index is 0.541. The molecule has 0 atom stereocenters. The maximum absolute atomic E-state index is 6.23. The number of hydrogen-bond donors (Lipinski definition) is 0. The smallest absolute Gasteiger partial charge is 0.292 e. The second kappa shape index (κ2) is 27.5. The molecule has 114 heavy (non-hydrogen) atoms. The fraction of sp³-hybridized carbons (Fsp3) is 0.111. The van der Waals surface area contributed by atoms with E-state index in [1.54, 1.807) is 17.5 Å². The molecule has 25 rings (SSSR count). The van der Waals surface area contributed by atoms with Crippen LogP contribution in [0.2, 0.25) is 0 Å². The molecule has 10 aromatic carbocycles. The highest BCUT2D eigenvalue weighted by Gasteiger charge is 2.33. The minimum Gasteiger partial charge on any atom is -0.434 e. The first kappa shape index (κ1) is 68.0. The highest BCUT2D eigenvalue weighted by atomic mass is 32.1. The lowest BCUT2D eigenvalue weighted by Crippen LogP contribution is -2.42. The molecule has 0 N–H and O–H groups in total. The van der Waals surface area contributed by atoms with E-state index >= 15 is 0 Å². The molecule has 10 aromatic heterocycles. The lowest BCUT2D eigenvalue weighted by atomic mass is 9.97. The summed E-state index contributed by atoms with van der Waals surface area (Å²) in [6.45, 7) is 13.4. The van der Waals surface area contributed by atoms with E-state index in [1.807, 2.05) is 61.2 Å². The summed E-state index contributed by atoms with van der Waals surface area (Å²) in [7, 11) is 2.07. The van der Waals surface area contributed by atoms with Gasteiger partial charge in [0.2, 0.25) is 27.6 Å². The Hall–Kier alpha value is -14.0. The number of benzene rings is 10. The molecule has 0 unspecified atom stereocenters. The largest absolute Gasteiger partial charge is 0.434 e. The van der Waals surface area contributed by atoms with Crippen molar-refractivity contribution >= 4 is 120 Å². The Labute approximate surface area is 660 Å². The summed E-state index contributed by atoms with van der Waals surface area (Å²) in [5.74, 6) is 4.91. The number of pyridine rings is 8. The van der Waals surface area contributed by atoms with Gasteiger partial charge in [-0.15, -0.1) is 11.3 Å². The molecule has 0 aliphatic carbocycles. The van der Waals surface area contributed by atoms with E-state index in [0.717, 1.165) is 67.8 Å². The van der Waals surface area contributed by atoms with Crippen molar-refractivity contribution in [3.05, 3.63) is 320 Å².